The van der Waals surface area contributed by atoms with Gasteiger partial charge in [0.05, 0.1) is 13.2 Å². The van der Waals surface area contributed by atoms with Crippen molar-refractivity contribution in [2.75, 3.05) is 40.5 Å². The van der Waals surface area contributed by atoms with Gasteiger partial charge in [-0.3, -0.25) is 0 Å². The molecule has 0 aromatic heterocycles. The maximum atomic E-state index is 6.60. The van der Waals surface area contributed by atoms with Crippen molar-refractivity contribution >= 4 is 0 Å². The number of benzene rings is 1. The molecular formula is C43H65NO12. The summed E-state index contributed by atoms with van der Waals surface area (Å²) in [7, 11) is 4.10. The van der Waals surface area contributed by atoms with Gasteiger partial charge in [0, 0.05) is 49.1 Å². The molecule has 0 unspecified atom stereocenters. The van der Waals surface area contributed by atoms with Crippen LogP contribution in [0.2, 0.25) is 0 Å². The quantitative estimate of drug-likeness (QED) is 0.161. The van der Waals surface area contributed by atoms with E-state index in [1.54, 1.807) is 0 Å². The number of rotatable bonds is 12. The van der Waals surface area contributed by atoms with Crippen molar-refractivity contribution in [2.45, 2.75) is 147 Å². The van der Waals surface area contributed by atoms with Crippen molar-refractivity contribution < 1.29 is 57.4 Å². The Labute approximate surface area is 332 Å². The van der Waals surface area contributed by atoms with Crippen LogP contribution in [0.4, 0.5) is 0 Å². The highest BCUT2D eigenvalue weighted by Gasteiger charge is 2.71. The van der Waals surface area contributed by atoms with E-state index in [0.717, 1.165) is 75.0 Å². The molecule has 2 spiro atoms. The van der Waals surface area contributed by atoms with E-state index >= 15 is 0 Å². The molecule has 10 fully saturated rings. The van der Waals surface area contributed by atoms with Crippen molar-refractivity contribution in [1.29, 1.82) is 0 Å². The van der Waals surface area contributed by atoms with E-state index < -0.39 is 47.9 Å². The minimum atomic E-state index is -0.814. The lowest BCUT2D eigenvalue weighted by molar-refractivity contribution is -0.577. The van der Waals surface area contributed by atoms with Crippen LogP contribution in [0.5, 0.6) is 11.5 Å². The fraction of sp³-hybridized carbons (Fsp3) is 0.860. The van der Waals surface area contributed by atoms with Gasteiger partial charge >= 0.3 is 0 Å². The summed E-state index contributed by atoms with van der Waals surface area (Å²) in [6.07, 6.45) is 5.99. The molecule has 0 amide bonds. The first-order valence-corrected chi connectivity index (χ1v) is 21.5. The van der Waals surface area contributed by atoms with Crippen LogP contribution in [0.3, 0.4) is 0 Å². The second kappa shape index (κ2) is 15.1. The summed E-state index contributed by atoms with van der Waals surface area (Å²) < 4.78 is 51.6. The second-order valence-electron chi connectivity index (χ2n) is 19.0. The van der Waals surface area contributed by atoms with Crippen LogP contribution in [0, 0.1) is 47.3 Å². The molecule has 16 atom stereocenters. The van der Waals surface area contributed by atoms with Crippen LogP contribution < -0.4 is 9.47 Å². The molecule has 2 aliphatic carbocycles. The molecule has 10 aliphatic rings. The van der Waals surface area contributed by atoms with Crippen LogP contribution in [0.1, 0.15) is 98.5 Å². The Morgan fingerprint density at radius 1 is 0.589 bits per heavy atom. The molecule has 8 heterocycles. The van der Waals surface area contributed by atoms with Gasteiger partial charge in [-0.2, -0.15) is 0 Å². The fourth-order valence-electron chi connectivity index (χ4n) is 12.0. The van der Waals surface area contributed by atoms with Crippen molar-refractivity contribution in [1.82, 2.24) is 4.90 Å². The highest BCUT2D eigenvalue weighted by atomic mass is 17.3. The van der Waals surface area contributed by atoms with Crippen molar-refractivity contribution in [2.24, 2.45) is 47.3 Å². The van der Waals surface area contributed by atoms with Gasteiger partial charge in [0.25, 0.3) is 0 Å². The Bertz CT molecular complexity index is 1460. The molecule has 4 bridgehead atoms. The predicted octanol–water partition coefficient (Wildman–Crippen LogP) is 6.96. The number of hydrogen-bond acceptors (Lipinski definition) is 13. The summed E-state index contributed by atoms with van der Waals surface area (Å²) in [6, 6.07) is 6.05. The summed E-state index contributed by atoms with van der Waals surface area (Å²) in [5.41, 5.74) is -0.124. The lowest BCUT2D eigenvalue weighted by Crippen LogP contribution is -2.70. The van der Waals surface area contributed by atoms with Gasteiger partial charge < -0.3 is 42.8 Å². The SMILES string of the molecule is C[C@H]1[C@@H](OCCOc2cc(CN(C)C)cc(OCCO[C@H]3O[C@@H]4O[C@]5(C)CC[C@H]6[C@H](C)CC[C@@H]([C@H]3C)[C@@]46OO5)c2)O[C@@H]2O[C@]3(C)CC[C@H]4[C@H](C)CC[C@@H]1[C@@]24OO3. The first kappa shape index (κ1) is 39.8. The van der Waals surface area contributed by atoms with Crippen LogP contribution >= 0.6 is 0 Å². The van der Waals surface area contributed by atoms with E-state index in [-0.39, 0.29) is 23.7 Å². The number of ether oxygens (including phenoxy) is 8. The Balaban J connectivity index is 0.799. The van der Waals surface area contributed by atoms with E-state index in [9.17, 15) is 0 Å². The largest absolute Gasteiger partial charge is 0.491 e. The third-order valence-electron chi connectivity index (χ3n) is 14.9. The summed E-state index contributed by atoms with van der Waals surface area (Å²) in [4.78, 5) is 26.6. The molecule has 1 aromatic rings. The number of hydrogen-bond donors (Lipinski definition) is 0. The fourth-order valence-corrected chi connectivity index (χ4v) is 12.0. The molecule has 0 radical (unpaired) electrons. The normalized spacial score (nSPS) is 47.8. The Hall–Kier alpha value is -1.62. The van der Waals surface area contributed by atoms with Gasteiger partial charge in [-0.15, -0.1) is 0 Å². The molecule has 0 N–H and O–H groups in total. The molecule has 8 aliphatic heterocycles. The van der Waals surface area contributed by atoms with Crippen LogP contribution in [0.15, 0.2) is 18.2 Å². The van der Waals surface area contributed by atoms with E-state index in [1.807, 2.05) is 34.0 Å². The highest BCUT2D eigenvalue weighted by Crippen LogP contribution is 2.62. The first-order valence-electron chi connectivity index (χ1n) is 21.5. The van der Waals surface area contributed by atoms with Gasteiger partial charge in [-0.25, -0.2) is 19.6 Å². The molecule has 13 nitrogen and oxygen atoms in total. The smallest absolute Gasteiger partial charge is 0.201 e. The molecule has 56 heavy (non-hydrogen) atoms. The second-order valence-corrected chi connectivity index (χ2v) is 19.0. The lowest BCUT2D eigenvalue weighted by Gasteiger charge is -2.60. The monoisotopic (exact) mass is 787 g/mol. The van der Waals surface area contributed by atoms with Crippen LogP contribution in [0.25, 0.3) is 0 Å². The standard InChI is InChI=1S/C43H65NO12/c1-25-9-11-34-27(3)36(49-38-42(34)32(25)13-15-40(5,51-38)53-55-42)47-19-17-45-30-21-29(24-44(7)8)22-31(23-30)46-18-20-48-37-28(4)35-12-10-26(2)33-14-16-41(6)52-39(50-37)43(33,35)56-54-41/h21-23,25-28,32-39H,9-20,24H2,1-8H3/t25-,26-,27-,28-,32+,33+,34+,35+,36+,37+,38-,39-,40+,41+,42-,43-/m1/s1. The summed E-state index contributed by atoms with van der Waals surface area (Å²) >= 11 is 0. The average Bonchev–Trinajstić information content (AvgIpc) is 3.53. The van der Waals surface area contributed by atoms with Crippen LogP contribution in [-0.2, 0) is 54.5 Å². The van der Waals surface area contributed by atoms with E-state index in [2.05, 4.69) is 44.7 Å². The number of nitrogens with zero attached hydrogens (tertiary/aromatic N) is 1. The number of fused-ring (bicyclic) bond motifs is 4. The molecule has 1 aromatic carbocycles. The van der Waals surface area contributed by atoms with Gasteiger partial charge in [0.15, 0.2) is 36.4 Å². The minimum Gasteiger partial charge on any atom is -0.491 e. The van der Waals surface area contributed by atoms with Gasteiger partial charge in [-0.1, -0.05) is 27.7 Å². The average molecular weight is 788 g/mol. The topological polar surface area (TPSA) is 114 Å². The van der Waals surface area contributed by atoms with Gasteiger partial charge in [-0.05, 0) is 108 Å². The third-order valence-corrected chi connectivity index (χ3v) is 14.9. The zero-order valence-electron chi connectivity index (χ0n) is 34.7. The maximum absolute atomic E-state index is 6.60. The highest BCUT2D eigenvalue weighted by molar-refractivity contribution is 5.38. The van der Waals surface area contributed by atoms with Crippen LogP contribution in [-0.4, -0.2) is 93.4 Å². The predicted molar refractivity (Wildman–Crippen MR) is 200 cm³/mol. The van der Waals surface area contributed by atoms with E-state index in [0.29, 0.717) is 50.1 Å². The molecule has 13 heteroatoms. The van der Waals surface area contributed by atoms with Crippen molar-refractivity contribution in [3.05, 3.63) is 23.8 Å². The summed E-state index contributed by atoms with van der Waals surface area (Å²) in [5.74, 6) is 2.12. The van der Waals surface area contributed by atoms with E-state index in [1.165, 1.54) is 0 Å². The minimum absolute atomic E-state index is 0.105. The summed E-state index contributed by atoms with van der Waals surface area (Å²) in [5, 5.41) is 0. The molecular weight excluding hydrogens is 722 g/mol. The van der Waals surface area contributed by atoms with Crippen molar-refractivity contribution in [3.8, 4) is 11.5 Å². The molecule has 2 saturated carbocycles. The molecule has 11 rings (SSSR count). The lowest BCUT2D eigenvalue weighted by atomic mass is 9.58. The Morgan fingerprint density at radius 2 is 1.05 bits per heavy atom. The first-order chi connectivity index (χ1) is 26.8. The molecule has 8 saturated heterocycles. The van der Waals surface area contributed by atoms with Gasteiger partial charge in [0.1, 0.15) is 24.7 Å². The van der Waals surface area contributed by atoms with E-state index in [4.69, 9.17) is 57.4 Å². The van der Waals surface area contributed by atoms with Crippen molar-refractivity contribution in [3.63, 3.8) is 0 Å². The summed E-state index contributed by atoms with van der Waals surface area (Å²) in [6.45, 7) is 15.1. The maximum Gasteiger partial charge on any atom is 0.201 e. The Morgan fingerprint density at radius 3 is 1.50 bits per heavy atom. The zero-order valence-corrected chi connectivity index (χ0v) is 34.7. The van der Waals surface area contributed by atoms with Gasteiger partial charge in [0.2, 0.25) is 11.6 Å². The third kappa shape index (κ3) is 6.82. The Kier molecular flexibility index (Phi) is 10.8. The molecule has 314 valence electrons. The zero-order chi connectivity index (χ0) is 39.0.